The van der Waals surface area contributed by atoms with Gasteiger partial charge in [0.15, 0.2) is 0 Å². The van der Waals surface area contributed by atoms with Crippen molar-refractivity contribution >= 4 is 33.7 Å². The standard InChI is InChI=1S/C27H29ClN2O6S/c1-35-26(31)25(9-5-6-18-29-27(32)36-19-20-7-3-2-4-8-20)30-37(33,34)24-16-12-22(13-17-24)21-10-14-23(28)15-11-21/h2-4,7-8,10-17,25,30H,5-6,9,18-19H2,1H3,(H,29,32). The lowest BCUT2D eigenvalue weighted by molar-refractivity contribution is -0.142. The second kappa shape index (κ2) is 13.8. The number of nitrogens with one attached hydrogen (secondary N) is 2. The third-order valence-electron chi connectivity index (χ3n) is 5.53. The fourth-order valence-corrected chi connectivity index (χ4v) is 4.87. The predicted octanol–water partition coefficient (Wildman–Crippen LogP) is 4.92. The van der Waals surface area contributed by atoms with E-state index in [9.17, 15) is 18.0 Å². The largest absolute Gasteiger partial charge is 0.468 e. The molecule has 0 aliphatic heterocycles. The summed E-state index contributed by atoms with van der Waals surface area (Å²) in [5.74, 6) is -0.684. The lowest BCUT2D eigenvalue weighted by Gasteiger charge is -2.17. The van der Waals surface area contributed by atoms with Crippen LogP contribution in [0, 0.1) is 0 Å². The van der Waals surface area contributed by atoms with E-state index >= 15 is 0 Å². The number of hydrogen-bond acceptors (Lipinski definition) is 6. The van der Waals surface area contributed by atoms with Gasteiger partial charge in [0.1, 0.15) is 12.6 Å². The van der Waals surface area contributed by atoms with E-state index in [4.69, 9.17) is 21.1 Å². The van der Waals surface area contributed by atoms with Gasteiger partial charge in [-0.25, -0.2) is 13.2 Å². The molecule has 3 aromatic rings. The summed E-state index contributed by atoms with van der Waals surface area (Å²) in [6, 6.07) is 21.8. The van der Waals surface area contributed by atoms with Gasteiger partial charge in [0.25, 0.3) is 0 Å². The fourth-order valence-electron chi connectivity index (χ4n) is 3.53. The fraction of sp³-hybridized carbons (Fsp3) is 0.259. The Morgan fingerprint density at radius 3 is 2.14 bits per heavy atom. The van der Waals surface area contributed by atoms with E-state index in [0.717, 1.165) is 16.7 Å². The Balaban J connectivity index is 1.48. The van der Waals surface area contributed by atoms with Crippen LogP contribution in [-0.2, 0) is 30.9 Å². The summed E-state index contributed by atoms with van der Waals surface area (Å²) in [4.78, 5) is 24.1. The summed E-state index contributed by atoms with van der Waals surface area (Å²) in [6.07, 6.45) is 0.647. The number of rotatable bonds is 12. The van der Waals surface area contributed by atoms with Crippen LogP contribution >= 0.6 is 11.6 Å². The zero-order chi connectivity index (χ0) is 26.7. The highest BCUT2D eigenvalue weighted by Gasteiger charge is 2.26. The summed E-state index contributed by atoms with van der Waals surface area (Å²) >= 11 is 5.92. The number of methoxy groups -OCH3 is 1. The summed E-state index contributed by atoms with van der Waals surface area (Å²) < 4.78 is 38.2. The number of benzene rings is 3. The van der Waals surface area contributed by atoms with Crippen LogP contribution in [0.25, 0.3) is 11.1 Å². The molecule has 8 nitrogen and oxygen atoms in total. The molecule has 0 aliphatic carbocycles. The maximum Gasteiger partial charge on any atom is 0.407 e. The SMILES string of the molecule is COC(=O)C(CCCCNC(=O)OCc1ccccc1)NS(=O)(=O)c1ccc(-c2ccc(Cl)cc2)cc1. The summed E-state index contributed by atoms with van der Waals surface area (Å²) in [6.45, 7) is 0.486. The lowest BCUT2D eigenvalue weighted by Crippen LogP contribution is -2.41. The molecule has 0 saturated carbocycles. The number of esters is 1. The predicted molar refractivity (Wildman–Crippen MR) is 141 cm³/mol. The number of carbonyl (C=O) groups is 2. The minimum Gasteiger partial charge on any atom is -0.468 e. The molecule has 0 aliphatic rings. The first-order chi connectivity index (χ1) is 17.8. The van der Waals surface area contributed by atoms with Gasteiger partial charge < -0.3 is 14.8 Å². The van der Waals surface area contributed by atoms with E-state index in [2.05, 4.69) is 10.0 Å². The molecule has 1 unspecified atom stereocenters. The second-order valence-electron chi connectivity index (χ2n) is 8.21. The highest BCUT2D eigenvalue weighted by atomic mass is 35.5. The molecule has 3 rings (SSSR count). The second-order valence-corrected chi connectivity index (χ2v) is 10.4. The number of ether oxygens (including phenoxy) is 2. The quantitative estimate of drug-likeness (QED) is 0.247. The molecule has 2 N–H and O–H groups in total. The Morgan fingerprint density at radius 1 is 0.892 bits per heavy atom. The Bertz CT molecular complexity index is 1270. The van der Waals surface area contributed by atoms with Crippen LogP contribution in [0.3, 0.4) is 0 Å². The van der Waals surface area contributed by atoms with Crippen molar-refractivity contribution in [2.24, 2.45) is 0 Å². The Labute approximate surface area is 222 Å². The van der Waals surface area contributed by atoms with E-state index < -0.39 is 28.1 Å². The van der Waals surface area contributed by atoms with Crippen LogP contribution < -0.4 is 10.0 Å². The number of halogens is 1. The van der Waals surface area contributed by atoms with E-state index in [1.165, 1.54) is 19.2 Å². The number of carbonyl (C=O) groups excluding carboxylic acids is 2. The number of sulfonamides is 1. The van der Waals surface area contributed by atoms with Gasteiger partial charge in [-0.15, -0.1) is 0 Å². The van der Waals surface area contributed by atoms with Gasteiger partial charge in [-0.2, -0.15) is 4.72 Å². The smallest absolute Gasteiger partial charge is 0.407 e. The van der Waals surface area contributed by atoms with Crippen molar-refractivity contribution in [3.8, 4) is 11.1 Å². The van der Waals surface area contributed by atoms with Crippen molar-refractivity contribution in [2.75, 3.05) is 13.7 Å². The third kappa shape index (κ3) is 8.89. The molecule has 0 aromatic heterocycles. The van der Waals surface area contributed by atoms with Gasteiger partial charge in [-0.3, -0.25) is 4.79 Å². The van der Waals surface area contributed by atoms with E-state index in [-0.39, 0.29) is 17.9 Å². The molecular formula is C27H29ClN2O6S. The van der Waals surface area contributed by atoms with Gasteiger partial charge in [-0.05, 0) is 60.2 Å². The van der Waals surface area contributed by atoms with Gasteiger partial charge in [0.2, 0.25) is 10.0 Å². The normalized spacial score (nSPS) is 11.9. The van der Waals surface area contributed by atoms with Crippen LogP contribution in [0.2, 0.25) is 5.02 Å². The summed E-state index contributed by atoms with van der Waals surface area (Å²) in [5.41, 5.74) is 2.60. The van der Waals surface area contributed by atoms with Crippen LogP contribution in [0.5, 0.6) is 0 Å². The maximum atomic E-state index is 12.9. The molecule has 0 saturated heterocycles. The first kappa shape index (κ1) is 28.2. The van der Waals surface area contributed by atoms with Gasteiger partial charge >= 0.3 is 12.1 Å². The Hall–Kier alpha value is -3.40. The van der Waals surface area contributed by atoms with E-state index in [1.54, 1.807) is 24.3 Å². The van der Waals surface area contributed by atoms with Crippen molar-refractivity contribution in [3.63, 3.8) is 0 Å². The molecule has 3 aromatic carbocycles. The molecular weight excluding hydrogens is 516 g/mol. The topological polar surface area (TPSA) is 111 Å². The van der Waals surface area contributed by atoms with Crippen LogP contribution in [0.4, 0.5) is 4.79 Å². The van der Waals surface area contributed by atoms with Crippen molar-refractivity contribution < 1.29 is 27.5 Å². The molecule has 196 valence electrons. The van der Waals surface area contributed by atoms with E-state index in [1.807, 2.05) is 42.5 Å². The van der Waals surface area contributed by atoms with Crippen molar-refractivity contribution in [1.29, 1.82) is 0 Å². The van der Waals surface area contributed by atoms with Crippen LogP contribution in [-0.4, -0.2) is 40.2 Å². The molecule has 10 heteroatoms. The average molecular weight is 545 g/mol. The molecule has 0 fully saturated rings. The van der Waals surface area contributed by atoms with E-state index in [0.29, 0.717) is 24.4 Å². The number of alkyl carbamates (subject to hydrolysis) is 1. The first-order valence-corrected chi connectivity index (χ1v) is 13.6. The Morgan fingerprint density at radius 2 is 1.51 bits per heavy atom. The van der Waals surface area contributed by atoms with Crippen LogP contribution in [0.15, 0.2) is 83.8 Å². The highest BCUT2D eigenvalue weighted by Crippen LogP contribution is 2.23. The minimum absolute atomic E-state index is 0.0296. The zero-order valence-electron chi connectivity index (χ0n) is 20.4. The van der Waals surface area contributed by atoms with Gasteiger partial charge in [-0.1, -0.05) is 66.2 Å². The first-order valence-electron chi connectivity index (χ1n) is 11.7. The molecule has 0 bridgehead atoms. The molecule has 37 heavy (non-hydrogen) atoms. The number of hydrogen-bond donors (Lipinski definition) is 2. The van der Waals surface area contributed by atoms with Gasteiger partial charge in [0.05, 0.1) is 12.0 Å². The maximum absolute atomic E-state index is 12.9. The van der Waals surface area contributed by atoms with Crippen LogP contribution in [0.1, 0.15) is 24.8 Å². The molecule has 0 heterocycles. The zero-order valence-corrected chi connectivity index (χ0v) is 21.9. The highest BCUT2D eigenvalue weighted by molar-refractivity contribution is 7.89. The molecule has 1 atom stereocenters. The third-order valence-corrected chi connectivity index (χ3v) is 7.27. The molecule has 1 amide bonds. The van der Waals surface area contributed by atoms with Crippen molar-refractivity contribution in [1.82, 2.24) is 10.0 Å². The number of amides is 1. The monoisotopic (exact) mass is 544 g/mol. The van der Waals surface area contributed by atoms with Crippen molar-refractivity contribution in [3.05, 3.63) is 89.4 Å². The average Bonchev–Trinajstić information content (AvgIpc) is 2.91. The summed E-state index contributed by atoms with van der Waals surface area (Å²) in [5, 5.41) is 3.25. The minimum atomic E-state index is -3.97. The number of unbranched alkanes of at least 4 members (excludes halogenated alkanes) is 1. The van der Waals surface area contributed by atoms with Crippen molar-refractivity contribution in [2.45, 2.75) is 36.8 Å². The molecule has 0 radical (unpaired) electrons. The summed E-state index contributed by atoms with van der Waals surface area (Å²) in [7, 11) is -2.77. The molecule has 0 spiro atoms. The van der Waals surface area contributed by atoms with Gasteiger partial charge in [0, 0.05) is 11.6 Å². The Kier molecular flexibility index (Phi) is 10.5. The lowest BCUT2D eigenvalue weighted by atomic mass is 10.1.